The summed E-state index contributed by atoms with van der Waals surface area (Å²) in [5.74, 6) is 1.46. The van der Waals surface area contributed by atoms with Crippen molar-refractivity contribution in [1.29, 1.82) is 0 Å². The fourth-order valence-corrected chi connectivity index (χ4v) is 3.54. The quantitative estimate of drug-likeness (QED) is 0.863. The van der Waals surface area contributed by atoms with E-state index in [4.69, 9.17) is 4.74 Å². The summed E-state index contributed by atoms with van der Waals surface area (Å²) >= 11 is 0. The van der Waals surface area contributed by atoms with Crippen LogP contribution in [0.4, 0.5) is 0 Å². The number of methoxy groups -OCH3 is 1. The second-order valence-electron chi connectivity index (χ2n) is 7.26. The molecule has 0 spiro atoms. The zero-order chi connectivity index (χ0) is 17.8. The number of amides is 2. The van der Waals surface area contributed by atoms with Gasteiger partial charge in [-0.05, 0) is 56.2 Å². The van der Waals surface area contributed by atoms with Crippen molar-refractivity contribution in [2.75, 3.05) is 7.11 Å². The molecular weight excluding hydrogens is 316 g/mol. The number of rotatable bonds is 6. The summed E-state index contributed by atoms with van der Waals surface area (Å²) in [5, 5.41) is 2.93. The second kappa shape index (κ2) is 7.89. The lowest BCUT2D eigenvalue weighted by atomic mass is 10.1. The largest absolute Gasteiger partial charge is 0.497 e. The summed E-state index contributed by atoms with van der Waals surface area (Å²) < 4.78 is 5.21. The molecule has 1 heterocycles. The number of carbonyl (C=O) groups excluding carboxylic acids is 2. The van der Waals surface area contributed by atoms with E-state index in [1.807, 2.05) is 29.2 Å². The van der Waals surface area contributed by atoms with E-state index >= 15 is 0 Å². The van der Waals surface area contributed by atoms with Gasteiger partial charge < -0.3 is 15.0 Å². The van der Waals surface area contributed by atoms with Gasteiger partial charge in [0, 0.05) is 19.0 Å². The molecule has 0 bridgehead atoms. The van der Waals surface area contributed by atoms with Crippen LogP contribution in [-0.4, -0.2) is 35.9 Å². The summed E-state index contributed by atoms with van der Waals surface area (Å²) in [6.07, 6.45) is 5.42. The molecular formula is C20H28N2O3. The average molecular weight is 344 g/mol. The Morgan fingerprint density at radius 2 is 1.96 bits per heavy atom. The monoisotopic (exact) mass is 344 g/mol. The third-order valence-corrected chi connectivity index (χ3v) is 5.37. The van der Waals surface area contributed by atoms with Crippen molar-refractivity contribution in [2.45, 2.75) is 64.1 Å². The van der Waals surface area contributed by atoms with E-state index in [9.17, 15) is 9.59 Å². The molecule has 1 saturated carbocycles. The van der Waals surface area contributed by atoms with Gasteiger partial charge >= 0.3 is 0 Å². The molecule has 25 heavy (non-hydrogen) atoms. The maximum absolute atomic E-state index is 13.2. The minimum Gasteiger partial charge on any atom is -0.497 e. The molecule has 1 N–H and O–H groups in total. The fourth-order valence-electron chi connectivity index (χ4n) is 3.54. The normalized spacial score (nSPS) is 21.8. The van der Waals surface area contributed by atoms with Crippen LogP contribution in [0, 0.1) is 5.92 Å². The van der Waals surface area contributed by atoms with Crippen molar-refractivity contribution in [3.8, 4) is 5.75 Å². The lowest BCUT2D eigenvalue weighted by molar-refractivity contribution is -0.139. The van der Waals surface area contributed by atoms with Crippen molar-refractivity contribution in [1.82, 2.24) is 10.2 Å². The van der Waals surface area contributed by atoms with Crippen LogP contribution in [0.15, 0.2) is 24.3 Å². The Bertz CT molecular complexity index is 610. The van der Waals surface area contributed by atoms with Gasteiger partial charge in [-0.2, -0.15) is 0 Å². The predicted molar refractivity (Wildman–Crippen MR) is 96.1 cm³/mol. The molecule has 2 amide bonds. The minimum atomic E-state index is -0.380. The van der Waals surface area contributed by atoms with Gasteiger partial charge in [-0.3, -0.25) is 9.59 Å². The number of hydrogen-bond acceptors (Lipinski definition) is 3. The van der Waals surface area contributed by atoms with Gasteiger partial charge in [-0.25, -0.2) is 0 Å². The van der Waals surface area contributed by atoms with Gasteiger partial charge in [0.25, 0.3) is 0 Å². The van der Waals surface area contributed by atoms with Crippen molar-refractivity contribution in [3.63, 3.8) is 0 Å². The van der Waals surface area contributed by atoms with Gasteiger partial charge in [0.15, 0.2) is 0 Å². The number of nitrogens with zero attached hydrogens (tertiary/aromatic N) is 1. The molecule has 5 heteroatoms. The summed E-state index contributed by atoms with van der Waals surface area (Å²) in [6, 6.07) is 7.68. The molecule has 2 unspecified atom stereocenters. The number of nitrogens with one attached hydrogen (secondary N) is 1. The smallest absolute Gasteiger partial charge is 0.245 e. The van der Waals surface area contributed by atoms with Crippen molar-refractivity contribution >= 4 is 11.8 Å². The third kappa shape index (κ3) is 4.53. The lowest BCUT2D eigenvalue weighted by Crippen LogP contribution is -2.50. The lowest BCUT2D eigenvalue weighted by Gasteiger charge is -2.33. The first-order valence-electron chi connectivity index (χ1n) is 9.31. The van der Waals surface area contributed by atoms with Gasteiger partial charge in [0.05, 0.1) is 7.11 Å². The Labute approximate surface area is 149 Å². The summed E-state index contributed by atoms with van der Waals surface area (Å²) in [5.41, 5.74) is 1.08. The molecule has 1 aromatic carbocycles. The van der Waals surface area contributed by atoms with E-state index in [0.29, 0.717) is 18.9 Å². The van der Waals surface area contributed by atoms with Crippen molar-refractivity contribution in [2.24, 2.45) is 5.92 Å². The number of ether oxygens (including phenoxy) is 1. The highest BCUT2D eigenvalue weighted by Crippen LogP contribution is 2.36. The summed E-state index contributed by atoms with van der Waals surface area (Å²) in [7, 11) is 1.65. The Morgan fingerprint density at radius 1 is 1.24 bits per heavy atom. The molecule has 2 atom stereocenters. The minimum absolute atomic E-state index is 0.000627. The molecule has 136 valence electrons. The highest BCUT2D eigenvalue weighted by atomic mass is 16.5. The maximum atomic E-state index is 13.2. The Kier molecular flexibility index (Phi) is 5.61. The first kappa shape index (κ1) is 17.8. The standard InChI is InChI=1S/C20H28N2O3/c1-14(16-9-10-16)22(13-15-7-11-17(25-2)12-8-15)20(24)18-5-3-4-6-19(23)21-18/h7-8,11-12,14,16,18H,3-6,9-10,13H2,1-2H3,(H,21,23). The molecule has 1 saturated heterocycles. The first-order chi connectivity index (χ1) is 12.1. The van der Waals surface area contributed by atoms with Crippen LogP contribution < -0.4 is 10.1 Å². The van der Waals surface area contributed by atoms with E-state index < -0.39 is 0 Å². The summed E-state index contributed by atoms with van der Waals surface area (Å²) in [4.78, 5) is 27.0. The number of hydrogen-bond donors (Lipinski definition) is 1. The molecule has 3 rings (SSSR count). The zero-order valence-electron chi connectivity index (χ0n) is 15.2. The highest BCUT2D eigenvalue weighted by Gasteiger charge is 2.37. The van der Waals surface area contributed by atoms with Gasteiger partial charge in [-0.15, -0.1) is 0 Å². The average Bonchev–Trinajstić information content (AvgIpc) is 3.47. The van der Waals surface area contributed by atoms with Gasteiger partial charge in [0.2, 0.25) is 11.8 Å². The van der Waals surface area contributed by atoms with E-state index in [1.54, 1.807) is 7.11 Å². The molecule has 1 aliphatic heterocycles. The SMILES string of the molecule is COc1ccc(CN(C(=O)C2CCCCC(=O)N2)C(C)C2CC2)cc1. The number of carbonyl (C=O) groups is 2. The van der Waals surface area contributed by atoms with Crippen LogP contribution in [0.1, 0.15) is 51.0 Å². The Balaban J connectivity index is 1.75. The van der Waals surface area contributed by atoms with Crippen LogP contribution in [0.25, 0.3) is 0 Å². The van der Waals surface area contributed by atoms with Crippen LogP contribution in [0.3, 0.4) is 0 Å². The maximum Gasteiger partial charge on any atom is 0.245 e. The Morgan fingerprint density at radius 3 is 2.60 bits per heavy atom. The molecule has 2 aliphatic rings. The van der Waals surface area contributed by atoms with Crippen LogP contribution in [0.2, 0.25) is 0 Å². The topological polar surface area (TPSA) is 58.6 Å². The molecule has 0 aromatic heterocycles. The van der Waals surface area contributed by atoms with Gasteiger partial charge in [0.1, 0.15) is 11.8 Å². The first-order valence-corrected chi connectivity index (χ1v) is 9.31. The van der Waals surface area contributed by atoms with Crippen LogP contribution in [0.5, 0.6) is 5.75 Å². The van der Waals surface area contributed by atoms with Gasteiger partial charge in [-0.1, -0.05) is 18.6 Å². The molecule has 1 aromatic rings. The molecule has 1 aliphatic carbocycles. The van der Waals surface area contributed by atoms with Crippen LogP contribution in [-0.2, 0) is 16.1 Å². The Hall–Kier alpha value is -2.04. The van der Waals surface area contributed by atoms with E-state index in [0.717, 1.165) is 30.6 Å². The molecule has 0 radical (unpaired) electrons. The fraction of sp³-hybridized carbons (Fsp3) is 0.600. The van der Waals surface area contributed by atoms with Crippen molar-refractivity contribution < 1.29 is 14.3 Å². The molecule has 2 fully saturated rings. The van der Waals surface area contributed by atoms with Crippen LogP contribution >= 0.6 is 0 Å². The summed E-state index contributed by atoms with van der Waals surface area (Å²) in [6.45, 7) is 2.71. The highest BCUT2D eigenvalue weighted by molar-refractivity contribution is 5.88. The van der Waals surface area contributed by atoms with E-state index in [1.165, 1.54) is 12.8 Å². The zero-order valence-corrected chi connectivity index (χ0v) is 15.2. The van der Waals surface area contributed by atoms with Crippen molar-refractivity contribution in [3.05, 3.63) is 29.8 Å². The third-order valence-electron chi connectivity index (χ3n) is 5.37. The van der Waals surface area contributed by atoms with E-state index in [-0.39, 0.29) is 23.9 Å². The second-order valence-corrected chi connectivity index (χ2v) is 7.26. The number of benzene rings is 1. The van der Waals surface area contributed by atoms with E-state index in [2.05, 4.69) is 12.2 Å². The molecule has 5 nitrogen and oxygen atoms in total. The predicted octanol–water partition coefficient (Wildman–Crippen LogP) is 2.88.